The molecule has 2 bridgehead atoms. The minimum absolute atomic E-state index is 0.0150. The maximum atomic E-state index is 13.0. The van der Waals surface area contributed by atoms with E-state index in [-0.39, 0.29) is 31.1 Å². The average molecular weight is 386 g/mol. The Labute approximate surface area is 167 Å². The van der Waals surface area contributed by atoms with Crippen LogP contribution in [0.1, 0.15) is 56.9 Å². The molecule has 0 aliphatic carbocycles. The van der Waals surface area contributed by atoms with E-state index < -0.39 is 5.92 Å². The number of hydrogen-bond acceptors (Lipinski definition) is 5. The van der Waals surface area contributed by atoms with Gasteiger partial charge in [0.25, 0.3) is 0 Å². The third-order valence-electron chi connectivity index (χ3n) is 5.92. The summed E-state index contributed by atoms with van der Waals surface area (Å²) in [7, 11) is 2.17. The molecule has 1 aromatic carbocycles. The second kappa shape index (κ2) is 9.87. The van der Waals surface area contributed by atoms with Gasteiger partial charge in [0.05, 0.1) is 6.42 Å². The molecular weight excluding hydrogens is 354 g/mol. The first-order valence-corrected chi connectivity index (χ1v) is 10.4. The summed E-state index contributed by atoms with van der Waals surface area (Å²) >= 11 is 0. The van der Waals surface area contributed by atoms with E-state index in [2.05, 4.69) is 11.9 Å². The second-order valence-electron chi connectivity index (χ2n) is 7.81. The lowest BCUT2D eigenvalue weighted by Gasteiger charge is -2.36. The van der Waals surface area contributed by atoms with Gasteiger partial charge in [0.1, 0.15) is 18.6 Å². The van der Waals surface area contributed by atoms with E-state index in [0.717, 1.165) is 24.8 Å². The number of rotatable bonds is 8. The Kier molecular flexibility index (Phi) is 7.26. The smallest absolute Gasteiger partial charge is 0.317 e. The predicted octanol–water partition coefficient (Wildman–Crippen LogP) is 3.84. The fraction of sp³-hybridized carbons (Fsp3) is 0.565. The van der Waals surface area contributed by atoms with E-state index >= 15 is 0 Å². The molecule has 2 saturated heterocycles. The van der Waals surface area contributed by atoms with Crippen molar-refractivity contribution in [2.75, 3.05) is 13.7 Å². The molecule has 2 fully saturated rings. The average Bonchev–Trinajstić information content (AvgIpc) is 2.90. The standard InChI is InChI=1S/C23H31NO4/c1-3-4-6-11-22(25)27-16-21(17-9-7-5-8-10-17)23(26)28-20-14-18-12-13-19(15-20)24(18)2/h4-10,18-21H,3,11-16H2,1-2H3/b6-4+/t18-,19+,20?,21?. The van der Waals surface area contributed by atoms with Crippen LogP contribution >= 0.6 is 0 Å². The number of fused-ring (bicyclic) bond motifs is 2. The Morgan fingerprint density at radius 2 is 1.82 bits per heavy atom. The van der Waals surface area contributed by atoms with Gasteiger partial charge in [0, 0.05) is 12.1 Å². The molecule has 152 valence electrons. The Morgan fingerprint density at radius 3 is 2.46 bits per heavy atom. The first-order valence-electron chi connectivity index (χ1n) is 10.4. The number of allylic oxidation sites excluding steroid dienone is 1. The fourth-order valence-corrected chi connectivity index (χ4v) is 4.27. The number of carbonyl (C=O) groups is 2. The predicted molar refractivity (Wildman–Crippen MR) is 108 cm³/mol. The summed E-state index contributed by atoms with van der Waals surface area (Å²) in [6.07, 6.45) is 8.93. The molecule has 5 nitrogen and oxygen atoms in total. The van der Waals surface area contributed by atoms with Gasteiger partial charge < -0.3 is 14.4 Å². The van der Waals surface area contributed by atoms with Crippen LogP contribution in [0.25, 0.3) is 0 Å². The number of ether oxygens (including phenoxy) is 2. The number of hydrogen-bond donors (Lipinski definition) is 0. The first-order chi connectivity index (χ1) is 13.6. The number of piperidine rings is 1. The van der Waals surface area contributed by atoms with E-state index in [1.165, 1.54) is 12.8 Å². The lowest BCUT2D eigenvalue weighted by Crippen LogP contribution is -2.44. The maximum Gasteiger partial charge on any atom is 0.317 e. The zero-order valence-corrected chi connectivity index (χ0v) is 16.9. The van der Waals surface area contributed by atoms with Crippen LogP contribution in [0, 0.1) is 0 Å². The van der Waals surface area contributed by atoms with E-state index in [1.807, 2.05) is 43.3 Å². The lowest BCUT2D eigenvalue weighted by molar-refractivity contribution is -0.157. The molecule has 2 aliphatic rings. The van der Waals surface area contributed by atoms with Crippen LogP contribution in [-0.4, -0.2) is 48.7 Å². The van der Waals surface area contributed by atoms with Crippen LogP contribution in [0.15, 0.2) is 42.5 Å². The molecule has 5 heteroatoms. The lowest BCUT2D eigenvalue weighted by atomic mass is 9.98. The number of benzene rings is 1. The molecule has 2 aliphatic heterocycles. The van der Waals surface area contributed by atoms with Crippen molar-refractivity contribution in [2.45, 2.75) is 69.6 Å². The van der Waals surface area contributed by atoms with Crippen LogP contribution in [0.5, 0.6) is 0 Å². The zero-order chi connectivity index (χ0) is 19.9. The molecule has 0 amide bonds. The van der Waals surface area contributed by atoms with Crippen molar-refractivity contribution >= 4 is 11.9 Å². The summed E-state index contributed by atoms with van der Waals surface area (Å²) in [5, 5.41) is 0. The molecular formula is C23H31NO4. The zero-order valence-electron chi connectivity index (χ0n) is 16.9. The van der Waals surface area contributed by atoms with E-state index in [9.17, 15) is 9.59 Å². The monoisotopic (exact) mass is 385 g/mol. The highest BCUT2D eigenvalue weighted by Crippen LogP contribution is 2.36. The van der Waals surface area contributed by atoms with Gasteiger partial charge >= 0.3 is 11.9 Å². The largest absolute Gasteiger partial charge is 0.464 e. The van der Waals surface area contributed by atoms with Crippen molar-refractivity contribution in [1.29, 1.82) is 0 Å². The van der Waals surface area contributed by atoms with Crippen molar-refractivity contribution in [3.05, 3.63) is 48.0 Å². The normalized spacial score (nSPS) is 25.6. The number of esters is 2. The molecule has 0 aromatic heterocycles. The summed E-state index contributed by atoms with van der Waals surface area (Å²) in [4.78, 5) is 27.3. The molecule has 2 unspecified atom stereocenters. The number of carbonyl (C=O) groups excluding carboxylic acids is 2. The van der Waals surface area contributed by atoms with Crippen molar-refractivity contribution < 1.29 is 19.1 Å². The van der Waals surface area contributed by atoms with Crippen LogP contribution < -0.4 is 0 Å². The van der Waals surface area contributed by atoms with Crippen molar-refractivity contribution in [3.8, 4) is 0 Å². The molecule has 0 N–H and O–H groups in total. The summed E-state index contributed by atoms with van der Waals surface area (Å²) in [5.74, 6) is -1.20. The van der Waals surface area contributed by atoms with Gasteiger partial charge in [-0.3, -0.25) is 9.59 Å². The van der Waals surface area contributed by atoms with Gasteiger partial charge in [-0.1, -0.05) is 49.4 Å². The highest BCUT2D eigenvalue weighted by molar-refractivity contribution is 5.79. The van der Waals surface area contributed by atoms with Gasteiger partial charge in [-0.15, -0.1) is 0 Å². The maximum absolute atomic E-state index is 13.0. The highest BCUT2D eigenvalue weighted by Gasteiger charge is 2.40. The second-order valence-corrected chi connectivity index (χ2v) is 7.81. The molecule has 3 rings (SSSR count). The van der Waals surface area contributed by atoms with Crippen molar-refractivity contribution in [2.24, 2.45) is 0 Å². The van der Waals surface area contributed by atoms with E-state index in [0.29, 0.717) is 12.1 Å². The molecule has 2 heterocycles. The van der Waals surface area contributed by atoms with Gasteiger partial charge in [0.15, 0.2) is 0 Å². The molecule has 0 saturated carbocycles. The fourth-order valence-electron chi connectivity index (χ4n) is 4.27. The summed E-state index contributed by atoms with van der Waals surface area (Å²) in [6, 6.07) is 10.5. The Balaban J connectivity index is 1.61. The van der Waals surface area contributed by atoms with Crippen LogP contribution in [0.3, 0.4) is 0 Å². The van der Waals surface area contributed by atoms with Crippen LogP contribution in [0.4, 0.5) is 0 Å². The molecule has 4 atom stereocenters. The molecule has 0 radical (unpaired) electrons. The third-order valence-corrected chi connectivity index (χ3v) is 5.92. The summed E-state index contributed by atoms with van der Waals surface area (Å²) in [5.41, 5.74) is 0.820. The van der Waals surface area contributed by atoms with Crippen LogP contribution in [-0.2, 0) is 19.1 Å². The molecule has 28 heavy (non-hydrogen) atoms. The SMILES string of the molecule is CC/C=C/CC(=O)OCC(C(=O)OC1C[C@H]2CC[C@@H](C1)N2C)c1ccccc1. The minimum Gasteiger partial charge on any atom is -0.464 e. The van der Waals surface area contributed by atoms with Crippen molar-refractivity contribution in [3.63, 3.8) is 0 Å². The summed E-state index contributed by atoms with van der Waals surface area (Å²) in [6.45, 7) is 2.03. The van der Waals surface area contributed by atoms with Gasteiger partial charge in [-0.2, -0.15) is 0 Å². The summed E-state index contributed by atoms with van der Waals surface area (Å²) < 4.78 is 11.3. The Morgan fingerprint density at radius 1 is 1.14 bits per heavy atom. The first kappa shape index (κ1) is 20.6. The van der Waals surface area contributed by atoms with E-state index in [1.54, 1.807) is 6.08 Å². The quantitative estimate of drug-likeness (QED) is 0.503. The van der Waals surface area contributed by atoms with Crippen molar-refractivity contribution in [1.82, 2.24) is 4.90 Å². The van der Waals surface area contributed by atoms with Gasteiger partial charge in [-0.25, -0.2) is 0 Å². The van der Waals surface area contributed by atoms with Gasteiger partial charge in [0.2, 0.25) is 0 Å². The molecule has 1 aromatic rings. The van der Waals surface area contributed by atoms with Crippen LogP contribution in [0.2, 0.25) is 0 Å². The molecule has 0 spiro atoms. The Hall–Kier alpha value is -2.14. The topological polar surface area (TPSA) is 55.8 Å². The Bertz CT molecular complexity index is 673. The van der Waals surface area contributed by atoms with E-state index in [4.69, 9.17) is 9.47 Å². The highest BCUT2D eigenvalue weighted by atomic mass is 16.6. The van der Waals surface area contributed by atoms with Gasteiger partial charge in [-0.05, 0) is 44.7 Å². The minimum atomic E-state index is -0.586. The number of nitrogens with zero attached hydrogens (tertiary/aromatic N) is 1. The third kappa shape index (κ3) is 5.22.